The summed E-state index contributed by atoms with van der Waals surface area (Å²) in [5.41, 5.74) is 0.970. The van der Waals surface area contributed by atoms with Crippen molar-refractivity contribution in [2.45, 2.75) is 6.92 Å². The average molecular weight is 376 g/mol. The molecule has 0 spiro atoms. The maximum absolute atomic E-state index is 12.4. The molecule has 2 N–H and O–H groups in total. The lowest BCUT2D eigenvalue weighted by molar-refractivity contribution is -0.131. The molecule has 0 saturated heterocycles. The molecule has 0 unspecified atom stereocenters. The quantitative estimate of drug-likeness (QED) is 0.394. The fourth-order valence-electron chi connectivity index (χ4n) is 2.84. The van der Waals surface area contributed by atoms with E-state index >= 15 is 0 Å². The van der Waals surface area contributed by atoms with Gasteiger partial charge in [0.1, 0.15) is 5.75 Å². The molecule has 0 atom stereocenters. The molecule has 142 valence electrons. The Bertz CT molecular complexity index is 1020. The van der Waals surface area contributed by atoms with Crippen molar-refractivity contribution in [1.82, 2.24) is 10.6 Å². The summed E-state index contributed by atoms with van der Waals surface area (Å²) in [6, 6.07) is 19.6. The molecule has 0 bridgehead atoms. The highest BCUT2D eigenvalue weighted by Gasteiger charge is 2.10. The normalized spacial score (nSPS) is 10.3. The molecule has 28 heavy (non-hydrogen) atoms. The average Bonchev–Trinajstić information content (AvgIpc) is 2.70. The number of esters is 1. The van der Waals surface area contributed by atoms with Gasteiger partial charge in [0.05, 0.1) is 0 Å². The van der Waals surface area contributed by atoms with Gasteiger partial charge in [0.15, 0.2) is 0 Å². The van der Waals surface area contributed by atoms with E-state index in [4.69, 9.17) is 4.74 Å². The van der Waals surface area contributed by atoms with E-state index in [0.29, 0.717) is 16.9 Å². The SMILES string of the molecule is CC(=O)Oc1cccc(C(=O)NCCNC(=O)c2cccc3ccccc23)c1. The number of amides is 2. The van der Waals surface area contributed by atoms with Crippen LogP contribution in [-0.2, 0) is 4.79 Å². The predicted octanol–water partition coefficient (Wildman–Crippen LogP) is 2.92. The van der Waals surface area contributed by atoms with Crippen molar-refractivity contribution in [1.29, 1.82) is 0 Å². The molecule has 0 aliphatic heterocycles. The number of nitrogens with one attached hydrogen (secondary N) is 2. The molecule has 0 aliphatic carbocycles. The third kappa shape index (κ3) is 4.73. The van der Waals surface area contributed by atoms with Crippen LogP contribution in [0.5, 0.6) is 5.75 Å². The van der Waals surface area contributed by atoms with Gasteiger partial charge in [-0.15, -0.1) is 0 Å². The standard InChI is InChI=1S/C22H20N2O4/c1-15(25)28-18-9-4-8-17(14-18)21(26)23-12-13-24-22(27)20-11-5-7-16-6-2-3-10-19(16)20/h2-11,14H,12-13H2,1H3,(H,23,26)(H,24,27). The summed E-state index contributed by atoms with van der Waals surface area (Å²) >= 11 is 0. The minimum Gasteiger partial charge on any atom is -0.427 e. The van der Waals surface area contributed by atoms with Crippen molar-refractivity contribution in [2.24, 2.45) is 0 Å². The van der Waals surface area contributed by atoms with Crippen LogP contribution in [0.2, 0.25) is 0 Å². The van der Waals surface area contributed by atoms with Crippen LogP contribution in [0.4, 0.5) is 0 Å². The molecule has 6 nitrogen and oxygen atoms in total. The third-order valence-corrected chi connectivity index (χ3v) is 4.09. The van der Waals surface area contributed by atoms with Gasteiger partial charge in [-0.05, 0) is 35.0 Å². The van der Waals surface area contributed by atoms with Crippen LogP contribution in [0.25, 0.3) is 10.8 Å². The van der Waals surface area contributed by atoms with Gasteiger partial charge >= 0.3 is 5.97 Å². The summed E-state index contributed by atoms with van der Waals surface area (Å²) in [5.74, 6) is -0.644. The number of carbonyl (C=O) groups is 3. The zero-order valence-electron chi connectivity index (χ0n) is 15.4. The number of ether oxygens (including phenoxy) is 1. The van der Waals surface area contributed by atoms with E-state index in [-0.39, 0.29) is 24.9 Å². The second kappa shape index (κ2) is 8.81. The summed E-state index contributed by atoms with van der Waals surface area (Å²) < 4.78 is 4.97. The molecule has 0 aliphatic rings. The molecule has 2 amide bonds. The van der Waals surface area contributed by atoms with E-state index in [0.717, 1.165) is 10.8 Å². The van der Waals surface area contributed by atoms with E-state index in [2.05, 4.69) is 10.6 Å². The van der Waals surface area contributed by atoms with Crippen molar-refractivity contribution in [3.63, 3.8) is 0 Å². The lowest BCUT2D eigenvalue weighted by Crippen LogP contribution is -2.34. The van der Waals surface area contributed by atoms with Gasteiger partial charge in [-0.25, -0.2) is 0 Å². The Morgan fingerprint density at radius 2 is 1.50 bits per heavy atom. The molecule has 3 aromatic rings. The summed E-state index contributed by atoms with van der Waals surface area (Å²) in [6.07, 6.45) is 0. The first-order chi connectivity index (χ1) is 13.5. The van der Waals surface area contributed by atoms with E-state index in [1.54, 1.807) is 24.3 Å². The fourth-order valence-corrected chi connectivity index (χ4v) is 2.84. The van der Waals surface area contributed by atoms with Crippen LogP contribution in [0, 0.1) is 0 Å². The Morgan fingerprint density at radius 3 is 2.29 bits per heavy atom. The van der Waals surface area contributed by atoms with Crippen molar-refractivity contribution in [2.75, 3.05) is 13.1 Å². The van der Waals surface area contributed by atoms with E-state index in [1.165, 1.54) is 13.0 Å². The second-order valence-corrected chi connectivity index (χ2v) is 6.16. The number of carbonyl (C=O) groups excluding carboxylic acids is 3. The van der Waals surface area contributed by atoms with Gasteiger partial charge < -0.3 is 15.4 Å². The topological polar surface area (TPSA) is 84.5 Å². The van der Waals surface area contributed by atoms with Crippen molar-refractivity contribution in [3.05, 3.63) is 77.9 Å². The van der Waals surface area contributed by atoms with Crippen molar-refractivity contribution in [3.8, 4) is 5.75 Å². The van der Waals surface area contributed by atoms with Crippen LogP contribution >= 0.6 is 0 Å². The largest absolute Gasteiger partial charge is 0.427 e. The monoisotopic (exact) mass is 376 g/mol. The minimum absolute atomic E-state index is 0.192. The first-order valence-corrected chi connectivity index (χ1v) is 8.87. The van der Waals surface area contributed by atoms with Gasteiger partial charge in [0.2, 0.25) is 0 Å². The first kappa shape index (κ1) is 19.1. The van der Waals surface area contributed by atoms with Gasteiger partial charge in [-0.3, -0.25) is 14.4 Å². The highest BCUT2D eigenvalue weighted by molar-refractivity contribution is 6.07. The minimum atomic E-state index is -0.450. The molecule has 0 radical (unpaired) electrons. The lowest BCUT2D eigenvalue weighted by Gasteiger charge is -2.09. The maximum atomic E-state index is 12.4. The highest BCUT2D eigenvalue weighted by atomic mass is 16.5. The molecule has 3 aromatic carbocycles. The molecule has 6 heteroatoms. The lowest BCUT2D eigenvalue weighted by atomic mass is 10.0. The van der Waals surface area contributed by atoms with Gasteiger partial charge in [0, 0.05) is 31.1 Å². The number of benzene rings is 3. The Balaban J connectivity index is 1.53. The van der Waals surface area contributed by atoms with Crippen molar-refractivity contribution < 1.29 is 19.1 Å². The summed E-state index contributed by atoms with van der Waals surface area (Å²) in [7, 11) is 0. The second-order valence-electron chi connectivity index (χ2n) is 6.16. The molecule has 0 fully saturated rings. The maximum Gasteiger partial charge on any atom is 0.308 e. The van der Waals surface area contributed by atoms with Gasteiger partial charge in [0.25, 0.3) is 11.8 Å². The summed E-state index contributed by atoms with van der Waals surface area (Å²) in [6.45, 7) is 1.86. The Labute approximate surface area is 162 Å². The van der Waals surface area contributed by atoms with E-state index in [1.807, 2.05) is 36.4 Å². The van der Waals surface area contributed by atoms with E-state index < -0.39 is 5.97 Å². The van der Waals surface area contributed by atoms with Crippen LogP contribution in [0.3, 0.4) is 0 Å². The van der Waals surface area contributed by atoms with Gasteiger partial charge in [-0.2, -0.15) is 0 Å². The molecular formula is C22H20N2O4. The van der Waals surface area contributed by atoms with Crippen LogP contribution in [0.1, 0.15) is 27.6 Å². The Morgan fingerprint density at radius 1 is 0.821 bits per heavy atom. The predicted molar refractivity (Wildman–Crippen MR) is 106 cm³/mol. The number of rotatable bonds is 6. The number of hydrogen-bond donors (Lipinski definition) is 2. The molecule has 3 rings (SSSR count). The molecule has 0 heterocycles. The van der Waals surface area contributed by atoms with E-state index in [9.17, 15) is 14.4 Å². The summed E-state index contributed by atoms with van der Waals surface area (Å²) in [4.78, 5) is 35.7. The molecular weight excluding hydrogens is 356 g/mol. The Kier molecular flexibility index (Phi) is 6.01. The van der Waals surface area contributed by atoms with Crippen LogP contribution < -0.4 is 15.4 Å². The number of fused-ring (bicyclic) bond motifs is 1. The molecule has 0 aromatic heterocycles. The van der Waals surface area contributed by atoms with Crippen molar-refractivity contribution >= 4 is 28.6 Å². The summed E-state index contributed by atoms with van der Waals surface area (Å²) in [5, 5.41) is 7.42. The fraction of sp³-hybridized carbons (Fsp3) is 0.136. The Hall–Kier alpha value is -3.67. The smallest absolute Gasteiger partial charge is 0.308 e. The zero-order chi connectivity index (χ0) is 19.9. The third-order valence-electron chi connectivity index (χ3n) is 4.09. The highest BCUT2D eigenvalue weighted by Crippen LogP contribution is 2.18. The van der Waals surface area contributed by atoms with Crippen LogP contribution in [0.15, 0.2) is 66.7 Å². The molecule has 0 saturated carbocycles. The van der Waals surface area contributed by atoms with Crippen LogP contribution in [-0.4, -0.2) is 30.9 Å². The zero-order valence-corrected chi connectivity index (χ0v) is 15.4. The van der Waals surface area contributed by atoms with Gasteiger partial charge in [-0.1, -0.05) is 42.5 Å². The number of hydrogen-bond acceptors (Lipinski definition) is 4. The first-order valence-electron chi connectivity index (χ1n) is 8.87.